The molecule has 0 aliphatic carbocycles. The fourth-order valence-electron chi connectivity index (χ4n) is 1.92. The van der Waals surface area contributed by atoms with Gasteiger partial charge in [-0.15, -0.1) is 0 Å². The second kappa shape index (κ2) is 5.09. The summed E-state index contributed by atoms with van der Waals surface area (Å²) >= 11 is 0. The molecule has 0 spiro atoms. The van der Waals surface area contributed by atoms with Gasteiger partial charge in [-0.25, -0.2) is 4.79 Å². The molecule has 2 aromatic rings. The third kappa shape index (κ3) is 2.12. The van der Waals surface area contributed by atoms with Crippen molar-refractivity contribution in [2.45, 2.75) is 0 Å². The largest absolute Gasteiger partial charge is 0.458 e. The lowest BCUT2D eigenvalue weighted by Crippen LogP contribution is -2.09. The first-order valence-corrected chi connectivity index (χ1v) is 6.15. The number of esters is 1. The number of carbonyl (C=O) groups excluding carboxylic acids is 1. The van der Waals surface area contributed by atoms with Gasteiger partial charge < -0.3 is 14.2 Å². The molecule has 1 aliphatic heterocycles. The van der Waals surface area contributed by atoms with Crippen LogP contribution in [0.25, 0.3) is 0 Å². The molecular formula is C16H12O4. The van der Waals surface area contributed by atoms with E-state index in [0.717, 1.165) is 0 Å². The standard InChI is InChI=1S/C16H12O4/c1-2-10-18-16(17)11-6-5-9-14-15(11)20-13-8-4-3-7-12(13)19-14/h2-9H,1,10H2. The first kappa shape index (κ1) is 12.3. The van der Waals surface area contributed by atoms with E-state index < -0.39 is 5.97 Å². The van der Waals surface area contributed by atoms with Crippen LogP contribution < -0.4 is 9.47 Å². The van der Waals surface area contributed by atoms with Crippen LogP contribution in [0.5, 0.6) is 23.0 Å². The average molecular weight is 268 g/mol. The molecule has 0 radical (unpaired) electrons. The normalized spacial score (nSPS) is 11.4. The summed E-state index contributed by atoms with van der Waals surface area (Å²) in [6, 6.07) is 12.4. The number of ether oxygens (including phenoxy) is 3. The molecule has 0 fully saturated rings. The molecule has 4 heteroatoms. The average Bonchev–Trinajstić information content (AvgIpc) is 2.50. The van der Waals surface area contributed by atoms with Crippen LogP contribution >= 0.6 is 0 Å². The number of fused-ring (bicyclic) bond motifs is 2. The van der Waals surface area contributed by atoms with Crippen LogP contribution in [0.4, 0.5) is 0 Å². The Labute approximate surface area is 116 Å². The lowest BCUT2D eigenvalue weighted by atomic mass is 10.1. The number of hydrogen-bond donors (Lipinski definition) is 0. The number of carbonyl (C=O) groups is 1. The smallest absolute Gasteiger partial charge is 0.342 e. The Hall–Kier alpha value is -2.75. The van der Waals surface area contributed by atoms with E-state index in [4.69, 9.17) is 14.2 Å². The number of hydrogen-bond acceptors (Lipinski definition) is 4. The maximum atomic E-state index is 12.0. The van der Waals surface area contributed by atoms with Crippen molar-refractivity contribution in [3.8, 4) is 23.0 Å². The SMILES string of the molecule is C=CCOC(=O)c1cccc2c1Oc1ccccc1O2. The molecule has 4 nitrogen and oxygen atoms in total. The zero-order valence-corrected chi connectivity index (χ0v) is 10.7. The molecule has 0 saturated carbocycles. The van der Waals surface area contributed by atoms with Crippen LogP contribution in [0.1, 0.15) is 10.4 Å². The molecule has 0 amide bonds. The van der Waals surface area contributed by atoms with Gasteiger partial charge in [0.25, 0.3) is 0 Å². The fraction of sp³-hybridized carbons (Fsp3) is 0.0625. The fourth-order valence-corrected chi connectivity index (χ4v) is 1.92. The zero-order valence-electron chi connectivity index (χ0n) is 10.7. The predicted octanol–water partition coefficient (Wildman–Crippen LogP) is 3.93. The summed E-state index contributed by atoms with van der Waals surface area (Å²) in [5.41, 5.74) is 0.332. The molecule has 0 unspecified atom stereocenters. The van der Waals surface area contributed by atoms with Crippen molar-refractivity contribution >= 4 is 5.97 Å². The predicted molar refractivity (Wildman–Crippen MR) is 73.5 cm³/mol. The first-order valence-electron chi connectivity index (χ1n) is 6.15. The van der Waals surface area contributed by atoms with Crippen LogP contribution in [0.2, 0.25) is 0 Å². The van der Waals surface area contributed by atoms with E-state index in [1.54, 1.807) is 30.3 Å². The maximum absolute atomic E-state index is 12.0. The molecule has 0 bridgehead atoms. The molecule has 0 N–H and O–H groups in total. The first-order chi connectivity index (χ1) is 9.79. The van der Waals surface area contributed by atoms with Crippen LogP contribution in [-0.2, 0) is 4.74 Å². The van der Waals surface area contributed by atoms with Crippen LogP contribution in [0, 0.1) is 0 Å². The Bertz CT molecular complexity index is 676. The van der Waals surface area contributed by atoms with E-state index in [1.165, 1.54) is 6.08 Å². The van der Waals surface area contributed by atoms with Crippen LogP contribution in [0.3, 0.4) is 0 Å². The minimum atomic E-state index is -0.468. The van der Waals surface area contributed by atoms with E-state index in [9.17, 15) is 4.79 Å². The van der Waals surface area contributed by atoms with Crippen LogP contribution in [-0.4, -0.2) is 12.6 Å². The highest BCUT2D eigenvalue weighted by Crippen LogP contribution is 2.46. The Kier molecular flexibility index (Phi) is 3.13. The molecule has 1 aliphatic rings. The van der Waals surface area contributed by atoms with Crippen molar-refractivity contribution in [2.75, 3.05) is 6.61 Å². The molecule has 0 aromatic heterocycles. The van der Waals surface area contributed by atoms with Crippen molar-refractivity contribution in [1.29, 1.82) is 0 Å². The van der Waals surface area contributed by atoms with Crippen molar-refractivity contribution < 1.29 is 19.0 Å². The summed E-state index contributed by atoms with van der Waals surface area (Å²) in [5.74, 6) is 1.60. The zero-order chi connectivity index (χ0) is 13.9. The summed E-state index contributed by atoms with van der Waals surface area (Å²) in [5, 5.41) is 0. The van der Waals surface area contributed by atoms with Gasteiger partial charge in [0.15, 0.2) is 23.0 Å². The monoisotopic (exact) mass is 268 g/mol. The Morgan fingerprint density at radius 2 is 1.75 bits per heavy atom. The summed E-state index contributed by atoms with van der Waals surface area (Å²) in [7, 11) is 0. The summed E-state index contributed by atoms with van der Waals surface area (Å²) in [6.45, 7) is 3.66. The summed E-state index contributed by atoms with van der Waals surface area (Å²) < 4.78 is 16.5. The van der Waals surface area contributed by atoms with Crippen molar-refractivity contribution in [3.63, 3.8) is 0 Å². The van der Waals surface area contributed by atoms with Crippen molar-refractivity contribution in [1.82, 2.24) is 0 Å². The van der Waals surface area contributed by atoms with Gasteiger partial charge in [-0.1, -0.05) is 30.9 Å². The van der Waals surface area contributed by atoms with E-state index >= 15 is 0 Å². The highest BCUT2D eigenvalue weighted by atomic mass is 16.6. The molecule has 2 aromatic carbocycles. The van der Waals surface area contributed by atoms with E-state index in [2.05, 4.69) is 6.58 Å². The van der Waals surface area contributed by atoms with Gasteiger partial charge >= 0.3 is 5.97 Å². The minimum absolute atomic E-state index is 0.153. The third-order valence-electron chi connectivity index (χ3n) is 2.81. The Balaban J connectivity index is 1.97. The van der Waals surface area contributed by atoms with Gasteiger partial charge in [0.2, 0.25) is 0 Å². The number of benzene rings is 2. The highest BCUT2D eigenvalue weighted by Gasteiger charge is 2.24. The molecular weight excluding hydrogens is 256 g/mol. The third-order valence-corrected chi connectivity index (χ3v) is 2.81. The van der Waals surface area contributed by atoms with Gasteiger partial charge in [-0.3, -0.25) is 0 Å². The van der Waals surface area contributed by atoms with Gasteiger partial charge in [0, 0.05) is 0 Å². The Morgan fingerprint density at radius 1 is 1.05 bits per heavy atom. The molecule has 3 rings (SSSR count). The molecule has 20 heavy (non-hydrogen) atoms. The maximum Gasteiger partial charge on any atom is 0.342 e. The molecule has 100 valence electrons. The number of rotatable bonds is 3. The van der Waals surface area contributed by atoms with Gasteiger partial charge in [-0.2, -0.15) is 0 Å². The lowest BCUT2D eigenvalue weighted by Gasteiger charge is -2.21. The summed E-state index contributed by atoms with van der Waals surface area (Å²) in [4.78, 5) is 12.0. The molecule has 1 heterocycles. The highest BCUT2D eigenvalue weighted by molar-refractivity contribution is 5.94. The summed E-state index contributed by atoms with van der Waals surface area (Å²) in [6.07, 6.45) is 1.51. The van der Waals surface area contributed by atoms with E-state index in [-0.39, 0.29) is 6.61 Å². The van der Waals surface area contributed by atoms with Gasteiger partial charge in [0.1, 0.15) is 12.2 Å². The second-order valence-electron chi connectivity index (χ2n) is 4.17. The van der Waals surface area contributed by atoms with E-state index in [0.29, 0.717) is 28.6 Å². The van der Waals surface area contributed by atoms with Crippen molar-refractivity contribution in [3.05, 3.63) is 60.7 Å². The van der Waals surface area contributed by atoms with Crippen molar-refractivity contribution in [2.24, 2.45) is 0 Å². The van der Waals surface area contributed by atoms with E-state index in [1.807, 2.05) is 12.1 Å². The number of para-hydroxylation sites is 3. The molecule has 0 saturated heterocycles. The Morgan fingerprint density at radius 3 is 2.50 bits per heavy atom. The second-order valence-corrected chi connectivity index (χ2v) is 4.17. The minimum Gasteiger partial charge on any atom is -0.458 e. The van der Waals surface area contributed by atoms with Gasteiger partial charge in [0.05, 0.1) is 0 Å². The lowest BCUT2D eigenvalue weighted by molar-refractivity contribution is 0.0546. The van der Waals surface area contributed by atoms with Crippen LogP contribution in [0.15, 0.2) is 55.1 Å². The topological polar surface area (TPSA) is 44.8 Å². The van der Waals surface area contributed by atoms with Gasteiger partial charge in [-0.05, 0) is 24.3 Å². The quantitative estimate of drug-likeness (QED) is 0.533. The molecule has 0 atom stereocenters.